The molecule has 0 saturated carbocycles. The second-order valence-electron chi connectivity index (χ2n) is 5.87. The Hall–Kier alpha value is -2.53. The molecule has 0 spiro atoms. The normalized spacial score (nSPS) is 12.5. The predicted molar refractivity (Wildman–Crippen MR) is 101 cm³/mol. The molecule has 2 aromatic carbocycles. The summed E-state index contributed by atoms with van der Waals surface area (Å²) in [5.41, 5.74) is 1.81. The number of likely N-dealkylation sites (N-methyl/N-ethyl adjacent to an activating group) is 1. The number of hydrogen-bond donors (Lipinski definition) is 1. The van der Waals surface area contributed by atoms with E-state index in [9.17, 15) is 5.11 Å². The summed E-state index contributed by atoms with van der Waals surface area (Å²) in [4.78, 5) is 6.65. The van der Waals surface area contributed by atoms with Gasteiger partial charge in [0.25, 0.3) is 0 Å². The number of nitrogens with zero attached hydrogens (tertiary/aromatic N) is 2. The molecule has 0 saturated heterocycles. The maximum absolute atomic E-state index is 10.2. The van der Waals surface area contributed by atoms with Crippen molar-refractivity contribution in [3.63, 3.8) is 0 Å². The number of rotatable bonds is 8. The Balaban J connectivity index is 2.13. The van der Waals surface area contributed by atoms with Crippen molar-refractivity contribution in [3.05, 3.63) is 53.6 Å². The molecule has 2 rings (SSSR count). The summed E-state index contributed by atoms with van der Waals surface area (Å²) in [6, 6.07) is 13.5. The number of para-hydroxylation sites is 1. The van der Waals surface area contributed by atoms with Crippen LogP contribution in [0.1, 0.15) is 24.1 Å². The first-order valence-corrected chi connectivity index (χ1v) is 8.31. The van der Waals surface area contributed by atoms with Crippen molar-refractivity contribution in [2.24, 2.45) is 4.99 Å². The largest absolute Gasteiger partial charge is 0.504 e. The van der Waals surface area contributed by atoms with Gasteiger partial charge in [0.2, 0.25) is 0 Å². The third-order valence-electron chi connectivity index (χ3n) is 3.96. The van der Waals surface area contributed by atoms with Gasteiger partial charge in [-0.3, -0.25) is 4.99 Å². The average Bonchev–Trinajstić information content (AvgIpc) is 2.61. The van der Waals surface area contributed by atoms with Gasteiger partial charge in [0.05, 0.1) is 26.3 Å². The van der Waals surface area contributed by atoms with Crippen molar-refractivity contribution in [1.82, 2.24) is 4.90 Å². The van der Waals surface area contributed by atoms with Gasteiger partial charge in [-0.25, -0.2) is 0 Å². The first-order chi connectivity index (χ1) is 12.1. The third-order valence-corrected chi connectivity index (χ3v) is 3.96. The maximum Gasteiger partial charge on any atom is 0.166 e. The SMILES string of the molecule is CCOc1cccc(C=NC[C@@H](c2ccc(OC)cc2)N(C)C)c1O. The molecule has 2 aromatic rings. The van der Waals surface area contributed by atoms with Crippen LogP contribution < -0.4 is 9.47 Å². The van der Waals surface area contributed by atoms with Crippen LogP contribution in [0.5, 0.6) is 17.2 Å². The van der Waals surface area contributed by atoms with Crippen LogP contribution in [0, 0.1) is 0 Å². The van der Waals surface area contributed by atoms with Gasteiger partial charge in [-0.05, 0) is 50.8 Å². The van der Waals surface area contributed by atoms with Crippen LogP contribution in [0.15, 0.2) is 47.5 Å². The van der Waals surface area contributed by atoms with Crippen molar-refractivity contribution in [1.29, 1.82) is 0 Å². The number of methoxy groups -OCH3 is 1. The van der Waals surface area contributed by atoms with Crippen LogP contribution in [-0.4, -0.2) is 50.6 Å². The van der Waals surface area contributed by atoms with E-state index in [0.29, 0.717) is 24.5 Å². The summed E-state index contributed by atoms with van der Waals surface area (Å²) in [6.07, 6.45) is 1.69. The Bertz CT molecular complexity index is 697. The molecule has 1 N–H and O–H groups in total. The van der Waals surface area contributed by atoms with Crippen molar-refractivity contribution in [2.75, 3.05) is 34.4 Å². The summed E-state index contributed by atoms with van der Waals surface area (Å²) < 4.78 is 10.6. The molecule has 5 nitrogen and oxygen atoms in total. The average molecular weight is 342 g/mol. The highest BCUT2D eigenvalue weighted by Crippen LogP contribution is 2.29. The fraction of sp³-hybridized carbons (Fsp3) is 0.350. The Morgan fingerprint density at radius 3 is 2.48 bits per heavy atom. The lowest BCUT2D eigenvalue weighted by Crippen LogP contribution is -2.22. The Morgan fingerprint density at radius 1 is 1.16 bits per heavy atom. The van der Waals surface area contributed by atoms with Crippen LogP contribution >= 0.6 is 0 Å². The highest BCUT2D eigenvalue weighted by Gasteiger charge is 2.13. The molecular weight excluding hydrogens is 316 g/mol. The molecule has 0 aliphatic rings. The van der Waals surface area contributed by atoms with Gasteiger partial charge in [0, 0.05) is 11.8 Å². The quantitative estimate of drug-likeness (QED) is 0.746. The van der Waals surface area contributed by atoms with E-state index in [1.54, 1.807) is 19.4 Å². The monoisotopic (exact) mass is 342 g/mol. The van der Waals surface area contributed by atoms with Gasteiger partial charge in [-0.15, -0.1) is 0 Å². The van der Waals surface area contributed by atoms with Crippen molar-refractivity contribution in [2.45, 2.75) is 13.0 Å². The van der Waals surface area contributed by atoms with Crippen LogP contribution in [0.2, 0.25) is 0 Å². The van der Waals surface area contributed by atoms with E-state index >= 15 is 0 Å². The first-order valence-electron chi connectivity index (χ1n) is 8.31. The van der Waals surface area contributed by atoms with Crippen molar-refractivity contribution < 1.29 is 14.6 Å². The zero-order chi connectivity index (χ0) is 18.2. The predicted octanol–water partition coefficient (Wildman–Crippen LogP) is 3.52. The number of hydrogen-bond acceptors (Lipinski definition) is 5. The highest BCUT2D eigenvalue weighted by molar-refractivity contribution is 5.84. The summed E-state index contributed by atoms with van der Waals surface area (Å²) >= 11 is 0. The zero-order valence-electron chi connectivity index (χ0n) is 15.3. The maximum atomic E-state index is 10.2. The van der Waals surface area contributed by atoms with Gasteiger partial charge < -0.3 is 19.5 Å². The molecule has 1 atom stereocenters. The Labute approximate surface area is 149 Å². The number of aliphatic imine (C=N–C) groups is 1. The van der Waals surface area contributed by atoms with Gasteiger partial charge in [-0.1, -0.05) is 18.2 Å². The van der Waals surface area contributed by atoms with E-state index in [1.807, 2.05) is 57.4 Å². The molecule has 5 heteroatoms. The zero-order valence-corrected chi connectivity index (χ0v) is 15.3. The van der Waals surface area contributed by atoms with Gasteiger partial charge in [0.1, 0.15) is 5.75 Å². The third kappa shape index (κ3) is 4.97. The topological polar surface area (TPSA) is 54.3 Å². The van der Waals surface area contributed by atoms with Crippen LogP contribution in [0.3, 0.4) is 0 Å². The van der Waals surface area contributed by atoms with Crippen molar-refractivity contribution in [3.8, 4) is 17.2 Å². The summed E-state index contributed by atoms with van der Waals surface area (Å²) in [5, 5.41) is 10.2. The van der Waals surface area contributed by atoms with E-state index in [0.717, 1.165) is 11.3 Å². The fourth-order valence-corrected chi connectivity index (χ4v) is 2.56. The minimum absolute atomic E-state index is 0.124. The van der Waals surface area contributed by atoms with Crippen LogP contribution in [-0.2, 0) is 0 Å². The van der Waals surface area contributed by atoms with E-state index < -0.39 is 0 Å². The molecule has 0 unspecified atom stereocenters. The van der Waals surface area contributed by atoms with Gasteiger partial charge in [-0.2, -0.15) is 0 Å². The molecule has 25 heavy (non-hydrogen) atoms. The standard InChI is InChI=1S/C20H26N2O3/c1-5-25-19-8-6-7-16(20(19)23)13-21-14-18(22(2)3)15-9-11-17(24-4)12-10-15/h6-13,18,23H,5,14H2,1-4H3/t18-/m0/s1. The lowest BCUT2D eigenvalue weighted by Gasteiger charge is -2.23. The lowest BCUT2D eigenvalue weighted by molar-refractivity contribution is 0.306. The lowest BCUT2D eigenvalue weighted by atomic mass is 10.1. The van der Waals surface area contributed by atoms with Crippen molar-refractivity contribution >= 4 is 6.21 Å². The summed E-state index contributed by atoms with van der Waals surface area (Å²) in [6.45, 7) is 2.97. The highest BCUT2D eigenvalue weighted by atomic mass is 16.5. The van der Waals surface area contributed by atoms with E-state index in [-0.39, 0.29) is 11.8 Å². The summed E-state index contributed by atoms with van der Waals surface area (Å²) in [5.74, 6) is 1.44. The Morgan fingerprint density at radius 2 is 1.88 bits per heavy atom. The molecule has 0 radical (unpaired) electrons. The van der Waals surface area contributed by atoms with Gasteiger partial charge in [0.15, 0.2) is 11.5 Å². The number of phenolic OH excluding ortho intramolecular Hbond substituents is 1. The fourth-order valence-electron chi connectivity index (χ4n) is 2.56. The molecule has 134 valence electrons. The second kappa shape index (κ2) is 9.08. The van der Waals surface area contributed by atoms with E-state index in [2.05, 4.69) is 9.89 Å². The van der Waals surface area contributed by atoms with Gasteiger partial charge >= 0.3 is 0 Å². The number of benzene rings is 2. The molecule has 0 fully saturated rings. The van der Waals surface area contributed by atoms with E-state index in [4.69, 9.17) is 9.47 Å². The molecule has 0 amide bonds. The molecule has 0 aliphatic heterocycles. The number of ether oxygens (including phenoxy) is 2. The molecular formula is C20H26N2O3. The molecule has 0 heterocycles. The molecule has 0 aromatic heterocycles. The minimum Gasteiger partial charge on any atom is -0.504 e. The van der Waals surface area contributed by atoms with Crippen LogP contribution in [0.4, 0.5) is 0 Å². The number of aromatic hydroxyl groups is 1. The van der Waals surface area contributed by atoms with Crippen LogP contribution in [0.25, 0.3) is 0 Å². The first kappa shape index (κ1) is 18.8. The minimum atomic E-state index is 0.124. The molecule has 0 bridgehead atoms. The number of phenols is 1. The summed E-state index contributed by atoms with van der Waals surface area (Å²) in [7, 11) is 5.71. The van der Waals surface area contributed by atoms with E-state index in [1.165, 1.54) is 0 Å². The smallest absolute Gasteiger partial charge is 0.166 e. The molecule has 0 aliphatic carbocycles. The Kier molecular flexibility index (Phi) is 6.83. The second-order valence-corrected chi connectivity index (χ2v) is 5.87.